The molecule has 2 heterocycles. The molecule has 0 aliphatic carbocycles. The van der Waals surface area contributed by atoms with Crippen LogP contribution in [0.5, 0.6) is 11.5 Å². The smallest absolute Gasteiger partial charge is 0.336 e. The Bertz CT molecular complexity index is 1540. The largest absolute Gasteiger partial charge is 0.495 e. The number of rotatable bonds is 6. The van der Waals surface area contributed by atoms with Crippen LogP contribution in [0.25, 0.3) is 15.9 Å². The van der Waals surface area contributed by atoms with E-state index < -0.39 is 17.2 Å². The molecule has 1 amide bonds. The molecule has 4 rings (SSSR count). The minimum absolute atomic E-state index is 0.291. The first-order chi connectivity index (χ1) is 16.2. The number of carbonyl (C=O) groups excluding carboxylic acids is 1. The lowest BCUT2D eigenvalue weighted by atomic mass is 10.1. The first kappa shape index (κ1) is 23.6. The molecule has 0 aliphatic heterocycles. The Labute approximate surface area is 203 Å². The molecule has 0 fully saturated rings. The van der Waals surface area contributed by atoms with Crippen LogP contribution in [0.3, 0.4) is 0 Å². The van der Waals surface area contributed by atoms with Crippen molar-refractivity contribution in [1.82, 2.24) is 9.13 Å². The first-order valence-electron chi connectivity index (χ1n) is 10.3. The summed E-state index contributed by atoms with van der Waals surface area (Å²) < 4.78 is 13.3. The second-order valence-corrected chi connectivity index (χ2v) is 8.97. The molecule has 0 atom stereocenters. The molecule has 2 aromatic carbocycles. The zero-order chi connectivity index (χ0) is 24.6. The third kappa shape index (κ3) is 4.20. The topological polar surface area (TPSA) is 91.6 Å². The number of aryl methyl sites for hydroxylation is 2. The molecular weight excluding hydrogens is 478 g/mol. The lowest BCUT2D eigenvalue weighted by Crippen LogP contribution is -2.40. The molecule has 0 bridgehead atoms. The molecule has 10 heteroatoms. The molecule has 0 saturated carbocycles. The third-order valence-electron chi connectivity index (χ3n) is 5.55. The molecule has 0 radical (unpaired) electrons. The van der Waals surface area contributed by atoms with E-state index in [1.807, 2.05) is 19.9 Å². The number of ether oxygens (including phenoxy) is 2. The van der Waals surface area contributed by atoms with E-state index >= 15 is 0 Å². The van der Waals surface area contributed by atoms with Crippen LogP contribution in [0.2, 0.25) is 5.02 Å². The van der Waals surface area contributed by atoms with Crippen molar-refractivity contribution in [2.75, 3.05) is 19.5 Å². The number of nitrogens with one attached hydrogen (secondary N) is 1. The number of anilines is 1. The van der Waals surface area contributed by atoms with Gasteiger partial charge in [-0.15, -0.1) is 11.3 Å². The molecular formula is C24H22ClN3O5S. The standard InChI is InChI=1S/C24H22ClN3O5S/c1-13-5-6-15(9-14(13)2)28-23(30)22-18(7-8-34-22)27(24(28)31)12-21(29)26-17-10-16(25)19(32-3)11-20(17)33-4/h5-11H,12H2,1-4H3,(H,26,29). The summed E-state index contributed by atoms with van der Waals surface area (Å²) in [7, 11) is 2.93. The Morgan fingerprint density at radius 1 is 1.03 bits per heavy atom. The summed E-state index contributed by atoms with van der Waals surface area (Å²) in [5, 5.41) is 4.74. The highest BCUT2D eigenvalue weighted by molar-refractivity contribution is 7.17. The molecule has 4 aromatic rings. The van der Waals surface area contributed by atoms with Gasteiger partial charge in [0.15, 0.2) is 0 Å². The van der Waals surface area contributed by atoms with Gasteiger partial charge >= 0.3 is 5.69 Å². The van der Waals surface area contributed by atoms with Gasteiger partial charge in [-0.3, -0.25) is 14.2 Å². The summed E-state index contributed by atoms with van der Waals surface area (Å²) in [6, 6.07) is 10.1. The van der Waals surface area contributed by atoms with Crippen LogP contribution < -0.4 is 26.0 Å². The maximum absolute atomic E-state index is 13.4. The number of fused-ring (bicyclic) bond motifs is 1. The number of methoxy groups -OCH3 is 2. The van der Waals surface area contributed by atoms with E-state index in [0.717, 1.165) is 15.7 Å². The number of amides is 1. The van der Waals surface area contributed by atoms with Gasteiger partial charge in [0, 0.05) is 6.07 Å². The number of hydrogen-bond acceptors (Lipinski definition) is 6. The summed E-state index contributed by atoms with van der Waals surface area (Å²) in [6.07, 6.45) is 0. The van der Waals surface area contributed by atoms with Crippen molar-refractivity contribution < 1.29 is 14.3 Å². The zero-order valence-electron chi connectivity index (χ0n) is 19.0. The highest BCUT2D eigenvalue weighted by Crippen LogP contribution is 2.35. The van der Waals surface area contributed by atoms with Gasteiger partial charge in [0.2, 0.25) is 5.91 Å². The van der Waals surface area contributed by atoms with Gasteiger partial charge in [-0.05, 0) is 54.6 Å². The number of thiophene rings is 1. The van der Waals surface area contributed by atoms with E-state index in [2.05, 4.69) is 5.32 Å². The van der Waals surface area contributed by atoms with E-state index in [9.17, 15) is 14.4 Å². The van der Waals surface area contributed by atoms with Gasteiger partial charge < -0.3 is 14.8 Å². The zero-order valence-corrected chi connectivity index (χ0v) is 20.5. The van der Waals surface area contributed by atoms with Gasteiger partial charge in [-0.2, -0.15) is 0 Å². The molecule has 0 spiro atoms. The normalized spacial score (nSPS) is 11.0. The maximum Gasteiger partial charge on any atom is 0.336 e. The summed E-state index contributed by atoms with van der Waals surface area (Å²) in [6.45, 7) is 3.55. The molecule has 1 N–H and O–H groups in total. The van der Waals surface area contributed by atoms with Crippen molar-refractivity contribution in [2.24, 2.45) is 0 Å². The second kappa shape index (κ2) is 9.36. The van der Waals surface area contributed by atoms with Crippen LogP contribution in [-0.2, 0) is 11.3 Å². The molecule has 0 unspecified atom stereocenters. The highest BCUT2D eigenvalue weighted by Gasteiger charge is 2.19. The lowest BCUT2D eigenvalue weighted by molar-refractivity contribution is -0.116. The van der Waals surface area contributed by atoms with Crippen molar-refractivity contribution in [1.29, 1.82) is 0 Å². The average Bonchev–Trinajstić information content (AvgIpc) is 3.29. The molecule has 34 heavy (non-hydrogen) atoms. The number of benzene rings is 2. The number of carbonyl (C=O) groups is 1. The van der Waals surface area contributed by atoms with E-state index in [4.69, 9.17) is 21.1 Å². The monoisotopic (exact) mass is 499 g/mol. The fourth-order valence-electron chi connectivity index (χ4n) is 3.62. The SMILES string of the molecule is COc1cc(OC)c(NC(=O)Cn2c(=O)n(-c3ccc(C)c(C)c3)c(=O)c3sccc32)cc1Cl. The number of aromatic nitrogens is 2. The van der Waals surface area contributed by atoms with Gasteiger partial charge in [0.1, 0.15) is 22.7 Å². The maximum atomic E-state index is 13.4. The minimum atomic E-state index is -0.603. The van der Waals surface area contributed by atoms with Crippen molar-refractivity contribution in [2.45, 2.75) is 20.4 Å². The fourth-order valence-corrected chi connectivity index (χ4v) is 4.69. The minimum Gasteiger partial charge on any atom is -0.495 e. The summed E-state index contributed by atoms with van der Waals surface area (Å²) in [4.78, 5) is 39.5. The van der Waals surface area contributed by atoms with Crippen molar-refractivity contribution in [3.63, 3.8) is 0 Å². The Kier molecular flexibility index (Phi) is 6.49. The van der Waals surface area contributed by atoms with Crippen LogP contribution in [0, 0.1) is 13.8 Å². The number of hydrogen-bond donors (Lipinski definition) is 1. The van der Waals surface area contributed by atoms with E-state index in [-0.39, 0.29) is 6.54 Å². The van der Waals surface area contributed by atoms with Gasteiger partial charge in [-0.25, -0.2) is 9.36 Å². The van der Waals surface area contributed by atoms with Crippen molar-refractivity contribution in [3.05, 3.63) is 78.8 Å². The van der Waals surface area contributed by atoms with Crippen LogP contribution in [0.15, 0.2) is 51.4 Å². The van der Waals surface area contributed by atoms with Gasteiger partial charge in [0.05, 0.1) is 36.1 Å². The molecule has 0 aliphatic rings. The second-order valence-electron chi connectivity index (χ2n) is 7.65. The predicted molar refractivity (Wildman–Crippen MR) is 134 cm³/mol. The predicted octanol–water partition coefficient (Wildman–Crippen LogP) is 4.14. The summed E-state index contributed by atoms with van der Waals surface area (Å²) in [5.41, 5.74) is 2.15. The first-order valence-corrected chi connectivity index (χ1v) is 11.5. The molecule has 176 valence electrons. The Balaban J connectivity index is 1.77. The summed E-state index contributed by atoms with van der Waals surface area (Å²) in [5.74, 6) is 0.260. The van der Waals surface area contributed by atoms with Crippen LogP contribution in [-0.4, -0.2) is 29.3 Å². The lowest BCUT2D eigenvalue weighted by Gasteiger charge is -2.15. The Morgan fingerprint density at radius 2 is 1.76 bits per heavy atom. The quantitative estimate of drug-likeness (QED) is 0.430. The Hall–Kier alpha value is -3.56. The van der Waals surface area contributed by atoms with Gasteiger partial charge in [-0.1, -0.05) is 17.7 Å². The molecule has 0 saturated heterocycles. The van der Waals surface area contributed by atoms with E-state index in [0.29, 0.717) is 38.1 Å². The van der Waals surface area contributed by atoms with Crippen LogP contribution in [0.4, 0.5) is 5.69 Å². The van der Waals surface area contributed by atoms with Crippen molar-refractivity contribution >= 4 is 44.7 Å². The highest BCUT2D eigenvalue weighted by atomic mass is 35.5. The Morgan fingerprint density at radius 3 is 2.44 bits per heavy atom. The third-order valence-corrected chi connectivity index (χ3v) is 6.74. The number of nitrogens with zero attached hydrogens (tertiary/aromatic N) is 2. The number of halogens is 1. The van der Waals surface area contributed by atoms with Gasteiger partial charge in [0.25, 0.3) is 5.56 Å². The fraction of sp³-hybridized carbons (Fsp3) is 0.208. The van der Waals surface area contributed by atoms with Crippen LogP contribution in [0.1, 0.15) is 11.1 Å². The molecule has 2 aromatic heterocycles. The summed E-state index contributed by atoms with van der Waals surface area (Å²) >= 11 is 7.42. The molecule has 8 nitrogen and oxygen atoms in total. The average molecular weight is 500 g/mol. The van der Waals surface area contributed by atoms with E-state index in [1.54, 1.807) is 29.6 Å². The van der Waals surface area contributed by atoms with Crippen LogP contribution >= 0.6 is 22.9 Å². The van der Waals surface area contributed by atoms with E-state index in [1.165, 1.54) is 36.2 Å². The van der Waals surface area contributed by atoms with Crippen molar-refractivity contribution in [3.8, 4) is 17.2 Å².